The number of aryl methyl sites for hydroxylation is 1. The Bertz CT molecular complexity index is 565. The molecule has 18 heavy (non-hydrogen) atoms. The average Bonchev–Trinajstić information content (AvgIpc) is 2.57. The SMILES string of the molecule is Cc1nn(CC(O)c2ccccc2N)c(C)c1Cl. The molecule has 0 aliphatic heterocycles. The fraction of sp³-hybridized carbons (Fsp3) is 0.308. The molecular weight excluding hydrogens is 250 g/mol. The number of aromatic nitrogens is 2. The number of nitrogens with zero attached hydrogens (tertiary/aromatic N) is 2. The summed E-state index contributed by atoms with van der Waals surface area (Å²) in [7, 11) is 0. The molecule has 1 aromatic heterocycles. The van der Waals surface area contributed by atoms with Crippen LogP contribution in [0.5, 0.6) is 0 Å². The smallest absolute Gasteiger partial charge is 0.101 e. The molecule has 1 aromatic carbocycles. The first-order chi connectivity index (χ1) is 8.50. The van der Waals surface area contributed by atoms with Crippen molar-refractivity contribution < 1.29 is 5.11 Å². The van der Waals surface area contributed by atoms with Gasteiger partial charge in [0.2, 0.25) is 0 Å². The summed E-state index contributed by atoms with van der Waals surface area (Å²) < 4.78 is 1.70. The second-order valence-corrected chi connectivity index (χ2v) is 4.69. The molecule has 0 saturated carbocycles. The van der Waals surface area contributed by atoms with Crippen molar-refractivity contribution >= 4 is 17.3 Å². The summed E-state index contributed by atoms with van der Waals surface area (Å²) in [5.41, 5.74) is 8.74. The van der Waals surface area contributed by atoms with Gasteiger partial charge in [0.1, 0.15) is 6.10 Å². The summed E-state index contributed by atoms with van der Waals surface area (Å²) in [4.78, 5) is 0. The first-order valence-electron chi connectivity index (χ1n) is 5.72. The van der Waals surface area contributed by atoms with E-state index in [0.717, 1.165) is 11.4 Å². The number of nitrogens with two attached hydrogens (primary N) is 1. The van der Waals surface area contributed by atoms with Gasteiger partial charge in [0.05, 0.1) is 23.0 Å². The van der Waals surface area contributed by atoms with E-state index in [0.29, 0.717) is 22.8 Å². The summed E-state index contributed by atoms with van der Waals surface area (Å²) in [6, 6.07) is 7.27. The molecule has 0 amide bonds. The molecule has 2 aromatic rings. The first-order valence-corrected chi connectivity index (χ1v) is 6.10. The second-order valence-electron chi connectivity index (χ2n) is 4.31. The lowest BCUT2D eigenvalue weighted by atomic mass is 10.1. The summed E-state index contributed by atoms with van der Waals surface area (Å²) >= 11 is 6.07. The minimum absolute atomic E-state index is 0.341. The minimum Gasteiger partial charge on any atom is -0.398 e. The highest BCUT2D eigenvalue weighted by Crippen LogP contribution is 2.24. The highest BCUT2D eigenvalue weighted by molar-refractivity contribution is 6.31. The molecule has 0 spiro atoms. The van der Waals surface area contributed by atoms with Crippen LogP contribution in [0.25, 0.3) is 0 Å². The van der Waals surface area contributed by atoms with E-state index in [1.54, 1.807) is 10.7 Å². The molecule has 4 nitrogen and oxygen atoms in total. The van der Waals surface area contributed by atoms with Crippen molar-refractivity contribution in [2.75, 3.05) is 5.73 Å². The van der Waals surface area contributed by atoms with Gasteiger partial charge < -0.3 is 10.8 Å². The number of aliphatic hydroxyl groups is 1. The van der Waals surface area contributed by atoms with Crippen LogP contribution in [-0.4, -0.2) is 14.9 Å². The van der Waals surface area contributed by atoms with E-state index in [1.807, 2.05) is 32.0 Å². The Morgan fingerprint density at radius 1 is 1.39 bits per heavy atom. The maximum Gasteiger partial charge on any atom is 0.101 e. The number of benzene rings is 1. The maximum absolute atomic E-state index is 10.2. The van der Waals surface area contributed by atoms with Crippen molar-refractivity contribution in [2.45, 2.75) is 26.5 Å². The molecule has 2 rings (SSSR count). The van der Waals surface area contributed by atoms with Gasteiger partial charge in [0.25, 0.3) is 0 Å². The zero-order valence-corrected chi connectivity index (χ0v) is 11.1. The average molecular weight is 266 g/mol. The summed E-state index contributed by atoms with van der Waals surface area (Å²) in [5.74, 6) is 0. The van der Waals surface area contributed by atoms with Crippen molar-refractivity contribution in [3.05, 3.63) is 46.2 Å². The Labute approximate surface area is 111 Å². The Balaban J connectivity index is 2.24. The topological polar surface area (TPSA) is 64.1 Å². The Kier molecular flexibility index (Phi) is 3.59. The number of hydrogen-bond acceptors (Lipinski definition) is 3. The van der Waals surface area contributed by atoms with Crippen molar-refractivity contribution in [3.8, 4) is 0 Å². The number of hydrogen-bond donors (Lipinski definition) is 2. The molecule has 1 unspecified atom stereocenters. The fourth-order valence-corrected chi connectivity index (χ4v) is 2.06. The summed E-state index contributed by atoms with van der Waals surface area (Å²) in [6.45, 7) is 4.06. The number of rotatable bonds is 3. The molecular formula is C13H16ClN3O. The lowest BCUT2D eigenvalue weighted by molar-refractivity contribution is 0.151. The van der Waals surface area contributed by atoms with Crippen LogP contribution in [0, 0.1) is 13.8 Å². The van der Waals surface area contributed by atoms with Crippen molar-refractivity contribution in [1.82, 2.24) is 9.78 Å². The van der Waals surface area contributed by atoms with Gasteiger partial charge in [-0.05, 0) is 19.9 Å². The predicted molar refractivity (Wildman–Crippen MR) is 72.5 cm³/mol. The summed E-state index contributed by atoms with van der Waals surface area (Å²) in [6.07, 6.45) is -0.694. The molecule has 0 fully saturated rings. The molecule has 0 bridgehead atoms. The number of aliphatic hydroxyl groups excluding tert-OH is 1. The highest BCUT2D eigenvalue weighted by atomic mass is 35.5. The molecule has 0 saturated heterocycles. The molecule has 3 N–H and O–H groups in total. The van der Waals surface area contributed by atoms with Crippen LogP contribution >= 0.6 is 11.6 Å². The molecule has 96 valence electrons. The standard InChI is InChI=1S/C13H16ClN3O/c1-8-13(14)9(2)17(16-8)7-12(18)10-5-3-4-6-11(10)15/h3-6,12,18H,7,15H2,1-2H3. The third-order valence-corrected chi connectivity index (χ3v) is 3.54. The van der Waals surface area contributed by atoms with Gasteiger partial charge in [-0.25, -0.2) is 0 Å². The molecule has 1 atom stereocenters. The van der Waals surface area contributed by atoms with E-state index in [1.165, 1.54) is 0 Å². The van der Waals surface area contributed by atoms with E-state index in [9.17, 15) is 5.11 Å². The van der Waals surface area contributed by atoms with Gasteiger partial charge in [0, 0.05) is 11.3 Å². The van der Waals surface area contributed by atoms with E-state index >= 15 is 0 Å². The van der Waals surface area contributed by atoms with E-state index in [4.69, 9.17) is 17.3 Å². The molecule has 0 aliphatic carbocycles. The van der Waals surface area contributed by atoms with Gasteiger partial charge in [-0.15, -0.1) is 0 Å². The minimum atomic E-state index is -0.694. The lowest BCUT2D eigenvalue weighted by Crippen LogP contribution is -2.12. The molecule has 5 heteroatoms. The van der Waals surface area contributed by atoms with Gasteiger partial charge in [0.15, 0.2) is 0 Å². The monoisotopic (exact) mass is 265 g/mol. The second kappa shape index (κ2) is 5.00. The molecule has 0 aliphatic rings. The van der Waals surface area contributed by atoms with Crippen LogP contribution in [0.1, 0.15) is 23.1 Å². The van der Waals surface area contributed by atoms with Crippen LogP contribution in [0.15, 0.2) is 24.3 Å². The van der Waals surface area contributed by atoms with Gasteiger partial charge in [-0.3, -0.25) is 4.68 Å². The van der Waals surface area contributed by atoms with Gasteiger partial charge in [-0.1, -0.05) is 29.8 Å². The first kappa shape index (κ1) is 12.9. The third-order valence-electron chi connectivity index (χ3n) is 2.99. The van der Waals surface area contributed by atoms with Crippen molar-refractivity contribution in [1.29, 1.82) is 0 Å². The van der Waals surface area contributed by atoms with E-state index < -0.39 is 6.10 Å². The van der Waals surface area contributed by atoms with Crippen LogP contribution in [-0.2, 0) is 6.54 Å². The van der Waals surface area contributed by atoms with E-state index in [2.05, 4.69) is 5.10 Å². The quantitative estimate of drug-likeness (QED) is 0.838. The highest BCUT2D eigenvalue weighted by Gasteiger charge is 2.15. The third kappa shape index (κ3) is 2.35. The predicted octanol–water partition coefficient (Wildman–Crippen LogP) is 2.47. The maximum atomic E-state index is 10.2. The van der Waals surface area contributed by atoms with Crippen LogP contribution in [0.2, 0.25) is 5.02 Å². The Morgan fingerprint density at radius 3 is 2.61 bits per heavy atom. The molecule has 0 radical (unpaired) electrons. The normalized spacial score (nSPS) is 12.7. The van der Waals surface area contributed by atoms with E-state index in [-0.39, 0.29) is 0 Å². The number of para-hydroxylation sites is 1. The van der Waals surface area contributed by atoms with Crippen LogP contribution in [0.4, 0.5) is 5.69 Å². The van der Waals surface area contributed by atoms with Crippen LogP contribution in [0.3, 0.4) is 0 Å². The molecule has 1 heterocycles. The zero-order valence-electron chi connectivity index (χ0n) is 10.4. The van der Waals surface area contributed by atoms with Crippen molar-refractivity contribution in [3.63, 3.8) is 0 Å². The van der Waals surface area contributed by atoms with Gasteiger partial charge in [-0.2, -0.15) is 5.10 Å². The fourth-order valence-electron chi connectivity index (χ4n) is 1.93. The van der Waals surface area contributed by atoms with Gasteiger partial charge >= 0.3 is 0 Å². The zero-order chi connectivity index (χ0) is 13.3. The lowest BCUT2D eigenvalue weighted by Gasteiger charge is -2.14. The number of nitrogen functional groups attached to an aromatic ring is 1. The Morgan fingerprint density at radius 2 is 2.06 bits per heavy atom. The largest absolute Gasteiger partial charge is 0.398 e. The number of anilines is 1. The summed E-state index contributed by atoms with van der Waals surface area (Å²) in [5, 5.41) is 15.1. The Hall–Kier alpha value is -1.52. The van der Waals surface area contributed by atoms with Crippen molar-refractivity contribution in [2.24, 2.45) is 0 Å². The van der Waals surface area contributed by atoms with Crippen LogP contribution < -0.4 is 5.73 Å². The number of halogens is 1.